The maximum absolute atomic E-state index is 11.6. The maximum atomic E-state index is 11.6. The van der Waals surface area contributed by atoms with Crippen molar-refractivity contribution in [2.75, 3.05) is 6.61 Å². The first-order valence-electron chi connectivity index (χ1n) is 5.77. The number of ketones is 1. The number of aliphatic carboxylic acids is 1. The van der Waals surface area contributed by atoms with E-state index in [1.165, 1.54) is 6.92 Å². The van der Waals surface area contributed by atoms with Crippen molar-refractivity contribution < 1.29 is 29.0 Å². The van der Waals surface area contributed by atoms with E-state index in [-0.39, 0.29) is 12.8 Å². The molecule has 8 nitrogen and oxygen atoms in total. The van der Waals surface area contributed by atoms with Gasteiger partial charge in [0, 0.05) is 13.0 Å². The predicted molar refractivity (Wildman–Crippen MR) is 64.6 cm³/mol. The highest BCUT2D eigenvalue weighted by Crippen LogP contribution is 2.00. The van der Waals surface area contributed by atoms with Crippen molar-refractivity contribution in [3.8, 4) is 0 Å². The number of rotatable bonds is 9. The van der Waals surface area contributed by atoms with E-state index in [1.54, 1.807) is 6.92 Å². The van der Waals surface area contributed by atoms with Crippen LogP contribution < -0.4 is 5.32 Å². The number of hydrogen-bond acceptors (Lipinski definition) is 4. The number of amides is 1. The van der Waals surface area contributed by atoms with Gasteiger partial charge in [-0.25, -0.2) is 4.79 Å². The summed E-state index contributed by atoms with van der Waals surface area (Å²) in [6.07, 6.45) is -0.319. The number of hydrogen-bond donors (Lipinski definition) is 2. The lowest BCUT2D eigenvalue weighted by Gasteiger charge is -2.17. The molecule has 0 aliphatic rings. The third-order valence-electron chi connectivity index (χ3n) is 2.28. The van der Waals surface area contributed by atoms with Crippen molar-refractivity contribution in [2.24, 2.45) is 0 Å². The standard InChI is InChI=1S/C11H17N3O5/c1-3-19-7(2)10(16)14-9(11(17)18)5-4-8(15)6-13-12/h6-7,9H,3-5H2,1-2H3,(H,14,16)(H,17,18). The number of carboxylic acid groups (broad SMARTS) is 1. The Morgan fingerprint density at radius 2 is 2.11 bits per heavy atom. The van der Waals surface area contributed by atoms with Crippen LogP contribution in [0.2, 0.25) is 0 Å². The van der Waals surface area contributed by atoms with Crippen LogP contribution in [0.3, 0.4) is 0 Å². The van der Waals surface area contributed by atoms with Gasteiger partial charge >= 0.3 is 12.2 Å². The van der Waals surface area contributed by atoms with Gasteiger partial charge in [-0.1, -0.05) is 0 Å². The van der Waals surface area contributed by atoms with E-state index in [0.717, 1.165) is 0 Å². The summed E-state index contributed by atoms with van der Waals surface area (Å²) in [6, 6.07) is -1.19. The van der Waals surface area contributed by atoms with Crippen LogP contribution in [0.25, 0.3) is 5.53 Å². The maximum Gasteiger partial charge on any atom is 0.326 e. The molecular formula is C11H17N3O5. The van der Waals surface area contributed by atoms with Crippen molar-refractivity contribution in [3.63, 3.8) is 0 Å². The van der Waals surface area contributed by atoms with E-state index < -0.39 is 29.8 Å². The number of Topliss-reactive ketones (excluding diaryl/α,β-unsaturated/α-hetero) is 1. The zero-order valence-electron chi connectivity index (χ0n) is 10.8. The minimum atomic E-state index is -1.24. The molecule has 1 amide bonds. The summed E-state index contributed by atoms with van der Waals surface area (Å²) in [5.74, 6) is -2.33. The average molecular weight is 271 g/mol. The van der Waals surface area contributed by atoms with Gasteiger partial charge in [0.05, 0.1) is 0 Å². The third kappa shape index (κ3) is 7.07. The molecule has 106 valence electrons. The fraction of sp³-hybridized carbons (Fsp3) is 0.636. The number of nitrogens with one attached hydrogen (secondary N) is 1. The Labute approximate surface area is 110 Å². The highest BCUT2D eigenvalue weighted by Gasteiger charge is 2.23. The smallest absolute Gasteiger partial charge is 0.326 e. The van der Waals surface area contributed by atoms with E-state index >= 15 is 0 Å². The molecule has 0 spiro atoms. The number of carboxylic acids is 1. The zero-order valence-corrected chi connectivity index (χ0v) is 10.8. The minimum absolute atomic E-state index is 0.0925. The second kappa shape index (κ2) is 8.96. The molecule has 0 aliphatic carbocycles. The molecular weight excluding hydrogens is 254 g/mol. The van der Waals surface area contributed by atoms with Crippen LogP contribution >= 0.6 is 0 Å². The van der Waals surface area contributed by atoms with Crippen LogP contribution in [0.1, 0.15) is 26.7 Å². The molecule has 0 aliphatic heterocycles. The molecule has 19 heavy (non-hydrogen) atoms. The Balaban J connectivity index is 4.42. The Hall–Kier alpha value is -2.05. The molecule has 2 N–H and O–H groups in total. The Bertz CT molecular complexity index is 390. The third-order valence-corrected chi connectivity index (χ3v) is 2.28. The molecule has 2 atom stereocenters. The second-order valence-electron chi connectivity index (χ2n) is 3.75. The minimum Gasteiger partial charge on any atom is -0.480 e. The Morgan fingerprint density at radius 3 is 2.58 bits per heavy atom. The van der Waals surface area contributed by atoms with E-state index in [0.29, 0.717) is 12.8 Å². The van der Waals surface area contributed by atoms with Crippen molar-refractivity contribution in [2.45, 2.75) is 38.8 Å². The number of carbonyl (C=O) groups excluding carboxylic acids is 2. The number of nitrogens with zero attached hydrogens (tertiary/aromatic N) is 2. The summed E-state index contributed by atoms with van der Waals surface area (Å²) >= 11 is 0. The topological polar surface area (TPSA) is 129 Å². The predicted octanol–water partition coefficient (Wildman–Crippen LogP) is -0.369. The number of ether oxygens (including phenoxy) is 1. The molecule has 0 aromatic carbocycles. The Kier molecular flexibility index (Phi) is 7.99. The van der Waals surface area contributed by atoms with Gasteiger partial charge in [0.2, 0.25) is 11.7 Å². The lowest BCUT2D eigenvalue weighted by Crippen LogP contribution is -2.45. The van der Waals surface area contributed by atoms with Gasteiger partial charge in [0.15, 0.2) is 0 Å². The van der Waals surface area contributed by atoms with Gasteiger partial charge in [-0.2, -0.15) is 4.79 Å². The highest BCUT2D eigenvalue weighted by atomic mass is 16.5. The average Bonchev–Trinajstić information content (AvgIpc) is 2.34. The van der Waals surface area contributed by atoms with Gasteiger partial charge in [0.25, 0.3) is 0 Å². The molecule has 0 saturated carbocycles. The first-order valence-corrected chi connectivity index (χ1v) is 5.77. The summed E-state index contributed by atoms with van der Waals surface area (Å²) in [7, 11) is 0. The molecule has 0 heterocycles. The molecule has 0 fully saturated rings. The van der Waals surface area contributed by atoms with E-state index in [1.807, 2.05) is 0 Å². The molecule has 0 bridgehead atoms. The first-order chi connectivity index (χ1) is 8.92. The van der Waals surface area contributed by atoms with Crippen LogP contribution in [0.5, 0.6) is 0 Å². The zero-order chi connectivity index (χ0) is 14.8. The molecule has 0 aromatic rings. The summed E-state index contributed by atoms with van der Waals surface area (Å²) in [5, 5.41) is 11.2. The van der Waals surface area contributed by atoms with Crippen LogP contribution in [0, 0.1) is 0 Å². The Morgan fingerprint density at radius 1 is 1.47 bits per heavy atom. The molecule has 0 aromatic heterocycles. The lowest BCUT2D eigenvalue weighted by molar-refractivity contribution is -0.144. The molecule has 0 rings (SSSR count). The molecule has 2 unspecified atom stereocenters. The second-order valence-corrected chi connectivity index (χ2v) is 3.75. The van der Waals surface area contributed by atoms with Crippen LogP contribution in [-0.4, -0.2) is 52.5 Å². The summed E-state index contributed by atoms with van der Waals surface area (Å²) in [5.41, 5.74) is 8.13. The van der Waals surface area contributed by atoms with Gasteiger partial charge in [0.1, 0.15) is 12.1 Å². The summed E-state index contributed by atoms with van der Waals surface area (Å²) < 4.78 is 5.02. The molecule has 8 heteroatoms. The largest absolute Gasteiger partial charge is 0.480 e. The number of carbonyl (C=O) groups is 3. The normalized spacial score (nSPS) is 12.9. The van der Waals surface area contributed by atoms with Gasteiger partial charge in [-0.3, -0.25) is 9.59 Å². The monoisotopic (exact) mass is 271 g/mol. The quantitative estimate of drug-likeness (QED) is 0.336. The molecule has 0 radical (unpaired) electrons. The van der Waals surface area contributed by atoms with Crippen LogP contribution in [-0.2, 0) is 19.1 Å². The molecule has 0 saturated heterocycles. The lowest BCUT2D eigenvalue weighted by atomic mass is 10.1. The van der Waals surface area contributed by atoms with Crippen molar-refractivity contribution in [3.05, 3.63) is 5.53 Å². The van der Waals surface area contributed by atoms with Gasteiger partial charge in [-0.05, 0) is 20.3 Å². The fourth-order valence-corrected chi connectivity index (χ4v) is 1.29. The summed E-state index contributed by atoms with van der Waals surface area (Å²) in [4.78, 5) is 36.1. The van der Waals surface area contributed by atoms with E-state index in [2.05, 4.69) is 10.1 Å². The van der Waals surface area contributed by atoms with Crippen molar-refractivity contribution in [1.82, 2.24) is 5.32 Å². The first kappa shape index (κ1) is 16.9. The fourth-order valence-electron chi connectivity index (χ4n) is 1.29. The van der Waals surface area contributed by atoms with Crippen molar-refractivity contribution in [1.29, 1.82) is 0 Å². The van der Waals surface area contributed by atoms with Crippen LogP contribution in [0.4, 0.5) is 0 Å². The van der Waals surface area contributed by atoms with Crippen LogP contribution in [0.15, 0.2) is 0 Å². The van der Waals surface area contributed by atoms with E-state index in [4.69, 9.17) is 15.4 Å². The van der Waals surface area contributed by atoms with Crippen molar-refractivity contribution >= 4 is 23.9 Å². The van der Waals surface area contributed by atoms with Gasteiger partial charge in [-0.15, -0.1) is 0 Å². The van der Waals surface area contributed by atoms with E-state index in [9.17, 15) is 14.4 Å². The highest BCUT2D eigenvalue weighted by molar-refractivity contribution is 6.25. The SMILES string of the molecule is CCOC(C)C(=O)NC(CCC(=O)C=[N+]=[N-])C(=O)O. The van der Waals surface area contributed by atoms with Gasteiger partial charge < -0.3 is 20.7 Å². The summed E-state index contributed by atoms with van der Waals surface area (Å²) in [6.45, 7) is 3.55.